The number of aryl methyl sites for hydroxylation is 1. The van der Waals surface area contributed by atoms with Crippen LogP contribution in [0.4, 0.5) is 5.82 Å². The molecule has 1 aliphatic carbocycles. The Balaban J connectivity index is 1.92. The summed E-state index contributed by atoms with van der Waals surface area (Å²) in [5.41, 5.74) is 11.7. The van der Waals surface area contributed by atoms with Crippen molar-refractivity contribution in [2.75, 3.05) is 12.3 Å². The Morgan fingerprint density at radius 2 is 1.95 bits per heavy atom. The second kappa shape index (κ2) is 4.70. The van der Waals surface area contributed by atoms with Gasteiger partial charge in [-0.05, 0) is 48.4 Å². The van der Waals surface area contributed by atoms with Gasteiger partial charge in [-0.3, -0.25) is 0 Å². The van der Waals surface area contributed by atoms with Crippen molar-refractivity contribution in [1.82, 2.24) is 10.2 Å². The Bertz CT molecular complexity index is 728. The minimum absolute atomic E-state index is 0.359. The predicted octanol–water partition coefficient (Wildman–Crippen LogP) is 1.99. The van der Waals surface area contributed by atoms with Crippen molar-refractivity contribution in [3.05, 3.63) is 34.4 Å². The quantitative estimate of drug-likeness (QED) is 0.836. The highest BCUT2D eigenvalue weighted by Gasteiger charge is 2.24. The van der Waals surface area contributed by atoms with Crippen LogP contribution in [0.3, 0.4) is 0 Å². The lowest BCUT2D eigenvalue weighted by Crippen LogP contribution is -2.16. The average molecular weight is 283 g/mol. The van der Waals surface area contributed by atoms with Gasteiger partial charge in [0.05, 0.1) is 13.2 Å². The molecule has 1 aliphatic heterocycles. The first-order valence-corrected chi connectivity index (χ1v) is 7.31. The molecule has 108 valence electrons. The number of phenols is 1. The van der Waals surface area contributed by atoms with Crippen molar-refractivity contribution < 1.29 is 9.84 Å². The highest BCUT2D eigenvalue weighted by atomic mass is 16.5. The Morgan fingerprint density at radius 3 is 2.86 bits per heavy atom. The lowest BCUT2D eigenvalue weighted by Gasteiger charge is -2.20. The van der Waals surface area contributed by atoms with E-state index in [2.05, 4.69) is 16.3 Å². The summed E-state index contributed by atoms with van der Waals surface area (Å²) in [6.45, 7) is 1.12. The van der Waals surface area contributed by atoms with Gasteiger partial charge in [-0.1, -0.05) is 6.07 Å². The molecule has 1 aromatic carbocycles. The third-order valence-electron chi connectivity index (χ3n) is 4.47. The van der Waals surface area contributed by atoms with E-state index in [-0.39, 0.29) is 0 Å². The van der Waals surface area contributed by atoms with E-state index in [9.17, 15) is 5.11 Å². The van der Waals surface area contributed by atoms with Gasteiger partial charge >= 0.3 is 0 Å². The average Bonchev–Trinajstić information content (AvgIpc) is 2.99. The summed E-state index contributed by atoms with van der Waals surface area (Å²) in [7, 11) is 0. The molecular weight excluding hydrogens is 266 g/mol. The van der Waals surface area contributed by atoms with Crippen molar-refractivity contribution in [2.45, 2.75) is 32.3 Å². The SMILES string of the molecule is Nc1nnc(-c2ccc3c(c2O)CCC3)c2c1COCC2. The first-order valence-electron chi connectivity index (χ1n) is 7.31. The fraction of sp³-hybridized carbons (Fsp3) is 0.375. The van der Waals surface area contributed by atoms with Crippen LogP contribution in [-0.2, 0) is 30.6 Å². The number of hydrogen-bond donors (Lipinski definition) is 2. The maximum Gasteiger partial charge on any atom is 0.151 e. The molecule has 0 atom stereocenters. The van der Waals surface area contributed by atoms with Gasteiger partial charge in [-0.2, -0.15) is 0 Å². The minimum atomic E-state index is 0.359. The van der Waals surface area contributed by atoms with Crippen molar-refractivity contribution >= 4 is 5.82 Å². The lowest BCUT2D eigenvalue weighted by atomic mass is 9.95. The normalized spacial score (nSPS) is 16.6. The van der Waals surface area contributed by atoms with E-state index >= 15 is 0 Å². The number of aromatic hydroxyl groups is 1. The Morgan fingerprint density at radius 1 is 1.05 bits per heavy atom. The number of hydrogen-bond acceptors (Lipinski definition) is 5. The summed E-state index contributed by atoms with van der Waals surface area (Å²) < 4.78 is 5.46. The zero-order valence-corrected chi connectivity index (χ0v) is 11.7. The summed E-state index contributed by atoms with van der Waals surface area (Å²) in [4.78, 5) is 0. The Labute approximate surface area is 122 Å². The number of nitrogen functional groups attached to an aromatic ring is 1. The zero-order valence-electron chi connectivity index (χ0n) is 11.7. The molecule has 4 rings (SSSR count). The second-order valence-corrected chi connectivity index (χ2v) is 5.65. The summed E-state index contributed by atoms with van der Waals surface area (Å²) in [5, 5.41) is 18.9. The van der Waals surface area contributed by atoms with E-state index in [1.54, 1.807) is 0 Å². The van der Waals surface area contributed by atoms with E-state index < -0.39 is 0 Å². The third-order valence-corrected chi connectivity index (χ3v) is 4.47. The monoisotopic (exact) mass is 283 g/mol. The van der Waals surface area contributed by atoms with Crippen LogP contribution in [0.1, 0.15) is 28.7 Å². The molecule has 2 heterocycles. The predicted molar refractivity (Wildman–Crippen MR) is 78.9 cm³/mol. The van der Waals surface area contributed by atoms with Gasteiger partial charge in [0.15, 0.2) is 5.82 Å². The molecule has 0 fully saturated rings. The van der Waals surface area contributed by atoms with Gasteiger partial charge in [0, 0.05) is 11.1 Å². The Kier molecular flexibility index (Phi) is 2.82. The van der Waals surface area contributed by atoms with Crippen LogP contribution in [-0.4, -0.2) is 21.9 Å². The number of rotatable bonds is 1. The van der Waals surface area contributed by atoms with E-state index in [0.29, 0.717) is 24.8 Å². The van der Waals surface area contributed by atoms with Gasteiger partial charge in [0.2, 0.25) is 0 Å². The van der Waals surface area contributed by atoms with Crippen molar-refractivity contribution in [1.29, 1.82) is 0 Å². The number of benzene rings is 1. The molecule has 21 heavy (non-hydrogen) atoms. The molecule has 2 aliphatic rings. The topological polar surface area (TPSA) is 81.3 Å². The molecule has 2 aromatic rings. The standard InChI is InChI=1S/C16H17N3O2/c17-16-13-8-21-7-6-11(13)14(18-19-16)12-5-4-9-2-1-3-10(9)15(12)20/h4-5,20H,1-3,6-8H2,(H2,17,19). The zero-order chi connectivity index (χ0) is 14.4. The van der Waals surface area contributed by atoms with Crippen LogP contribution < -0.4 is 5.73 Å². The summed E-state index contributed by atoms with van der Waals surface area (Å²) >= 11 is 0. The van der Waals surface area contributed by atoms with Crippen LogP contribution in [0.25, 0.3) is 11.3 Å². The molecule has 0 spiro atoms. The van der Waals surface area contributed by atoms with Crippen LogP contribution >= 0.6 is 0 Å². The smallest absolute Gasteiger partial charge is 0.151 e. The van der Waals surface area contributed by atoms with Crippen molar-refractivity contribution in [3.8, 4) is 17.0 Å². The number of fused-ring (bicyclic) bond motifs is 2. The maximum absolute atomic E-state index is 10.6. The van der Waals surface area contributed by atoms with E-state index in [1.165, 1.54) is 5.56 Å². The summed E-state index contributed by atoms with van der Waals surface area (Å²) in [6.07, 6.45) is 3.83. The number of anilines is 1. The van der Waals surface area contributed by atoms with Gasteiger partial charge in [0.25, 0.3) is 0 Å². The first-order chi connectivity index (χ1) is 10.3. The van der Waals surface area contributed by atoms with Crippen molar-refractivity contribution in [3.63, 3.8) is 0 Å². The van der Waals surface area contributed by atoms with Crippen LogP contribution in [0.2, 0.25) is 0 Å². The molecule has 5 heteroatoms. The molecule has 0 unspecified atom stereocenters. The van der Waals surface area contributed by atoms with Crippen LogP contribution in [0.15, 0.2) is 12.1 Å². The maximum atomic E-state index is 10.6. The highest BCUT2D eigenvalue weighted by molar-refractivity contribution is 5.74. The molecule has 0 radical (unpaired) electrons. The molecule has 0 amide bonds. The fourth-order valence-electron chi connectivity index (χ4n) is 3.36. The van der Waals surface area contributed by atoms with E-state index in [1.807, 2.05) is 6.07 Å². The number of nitrogens with zero attached hydrogens (tertiary/aromatic N) is 2. The van der Waals surface area contributed by atoms with Gasteiger partial charge < -0.3 is 15.6 Å². The molecule has 1 aromatic heterocycles. The molecule has 0 bridgehead atoms. The molecule has 5 nitrogen and oxygen atoms in total. The van der Waals surface area contributed by atoms with E-state index in [4.69, 9.17) is 10.5 Å². The van der Waals surface area contributed by atoms with Crippen LogP contribution in [0.5, 0.6) is 5.75 Å². The molecule has 3 N–H and O–H groups in total. The molecule has 0 saturated carbocycles. The highest BCUT2D eigenvalue weighted by Crippen LogP contribution is 2.40. The van der Waals surface area contributed by atoms with Crippen molar-refractivity contribution in [2.24, 2.45) is 0 Å². The lowest BCUT2D eigenvalue weighted by molar-refractivity contribution is 0.111. The largest absolute Gasteiger partial charge is 0.507 e. The first kappa shape index (κ1) is 12.6. The minimum Gasteiger partial charge on any atom is -0.507 e. The fourth-order valence-corrected chi connectivity index (χ4v) is 3.36. The molecule has 0 saturated heterocycles. The number of nitrogens with two attached hydrogens (primary N) is 1. The summed E-state index contributed by atoms with van der Waals surface area (Å²) in [5.74, 6) is 0.784. The van der Waals surface area contributed by atoms with E-state index in [0.717, 1.165) is 53.6 Å². The second-order valence-electron chi connectivity index (χ2n) is 5.65. The summed E-state index contributed by atoms with van der Waals surface area (Å²) in [6, 6.07) is 4.05. The van der Waals surface area contributed by atoms with Crippen LogP contribution in [0, 0.1) is 0 Å². The molecular formula is C16H17N3O2. The Hall–Kier alpha value is -2.14. The van der Waals surface area contributed by atoms with Gasteiger partial charge in [-0.15, -0.1) is 10.2 Å². The number of aromatic nitrogens is 2. The van der Waals surface area contributed by atoms with Gasteiger partial charge in [0.1, 0.15) is 11.4 Å². The third kappa shape index (κ3) is 1.88. The van der Waals surface area contributed by atoms with Gasteiger partial charge in [-0.25, -0.2) is 0 Å². The number of ether oxygens (including phenoxy) is 1. The number of phenolic OH excluding ortho intramolecular Hbond substituents is 1.